The van der Waals surface area contributed by atoms with Crippen molar-refractivity contribution in [2.45, 2.75) is 56.6 Å². The molecule has 0 unspecified atom stereocenters. The monoisotopic (exact) mass is 553 g/mol. The number of nitrogens with one attached hydrogen (secondary N) is 1. The standard InChI is InChI=1S/C29H35N3O6S/c1-22(29(34)30-20-26-6-5-19-38-26)32(21-24-7-12-25(37-2)13-8-24)28(33)16-11-23-9-14-27(15-10-23)39(35,36)31-17-3-4-18-31/h5-10,12-15,19,22H,3-4,11,16-18,20-21H2,1-2H3,(H,30,34)/t22-/m1/s1. The van der Waals surface area contributed by atoms with E-state index in [2.05, 4.69) is 5.32 Å². The van der Waals surface area contributed by atoms with Gasteiger partial charge < -0.3 is 19.4 Å². The highest BCUT2D eigenvalue weighted by Crippen LogP contribution is 2.22. The van der Waals surface area contributed by atoms with Gasteiger partial charge in [0.25, 0.3) is 0 Å². The van der Waals surface area contributed by atoms with Crippen molar-refractivity contribution in [3.05, 3.63) is 83.8 Å². The highest BCUT2D eigenvalue weighted by molar-refractivity contribution is 7.89. The van der Waals surface area contributed by atoms with Crippen LogP contribution in [0.3, 0.4) is 0 Å². The Morgan fingerprint density at radius 1 is 1.03 bits per heavy atom. The maximum absolute atomic E-state index is 13.4. The van der Waals surface area contributed by atoms with E-state index in [1.165, 1.54) is 4.31 Å². The van der Waals surface area contributed by atoms with Crippen molar-refractivity contribution >= 4 is 21.8 Å². The van der Waals surface area contributed by atoms with E-state index in [-0.39, 0.29) is 36.2 Å². The van der Waals surface area contributed by atoms with Gasteiger partial charge in [-0.05, 0) is 73.7 Å². The molecule has 39 heavy (non-hydrogen) atoms. The molecule has 208 valence electrons. The average Bonchev–Trinajstić information content (AvgIpc) is 3.69. The lowest BCUT2D eigenvalue weighted by Gasteiger charge is -2.29. The predicted molar refractivity (Wildman–Crippen MR) is 146 cm³/mol. The zero-order valence-electron chi connectivity index (χ0n) is 22.3. The number of amides is 2. The van der Waals surface area contributed by atoms with Gasteiger partial charge in [-0.2, -0.15) is 4.31 Å². The second kappa shape index (κ2) is 12.9. The number of benzene rings is 2. The molecule has 0 aliphatic carbocycles. The molecule has 1 aliphatic heterocycles. The van der Waals surface area contributed by atoms with Gasteiger partial charge in [0.2, 0.25) is 21.8 Å². The fourth-order valence-corrected chi connectivity index (χ4v) is 6.06. The third-order valence-electron chi connectivity index (χ3n) is 6.95. The van der Waals surface area contributed by atoms with Gasteiger partial charge in [-0.3, -0.25) is 9.59 Å². The van der Waals surface area contributed by atoms with Crippen LogP contribution >= 0.6 is 0 Å². The van der Waals surface area contributed by atoms with Crippen LogP contribution < -0.4 is 10.1 Å². The van der Waals surface area contributed by atoms with Crippen molar-refractivity contribution in [3.63, 3.8) is 0 Å². The van der Waals surface area contributed by atoms with Crippen molar-refractivity contribution in [1.29, 1.82) is 0 Å². The number of hydrogen-bond donors (Lipinski definition) is 1. The average molecular weight is 554 g/mol. The van der Waals surface area contributed by atoms with Gasteiger partial charge in [-0.15, -0.1) is 0 Å². The van der Waals surface area contributed by atoms with Crippen LogP contribution in [-0.2, 0) is 39.1 Å². The molecule has 4 rings (SSSR count). The molecule has 2 aromatic carbocycles. The van der Waals surface area contributed by atoms with Crippen molar-refractivity contribution in [2.24, 2.45) is 0 Å². The summed E-state index contributed by atoms with van der Waals surface area (Å²) in [6.45, 7) is 3.29. The quantitative estimate of drug-likeness (QED) is 0.366. The first-order chi connectivity index (χ1) is 18.8. The SMILES string of the molecule is COc1ccc(CN(C(=O)CCc2ccc(S(=O)(=O)N3CCCC3)cc2)[C@H](C)C(=O)NCc2ccco2)cc1. The summed E-state index contributed by atoms with van der Waals surface area (Å²) < 4.78 is 37.6. The van der Waals surface area contributed by atoms with Gasteiger partial charge in [0, 0.05) is 26.1 Å². The number of aryl methyl sites for hydroxylation is 1. The van der Waals surface area contributed by atoms with Gasteiger partial charge in [0.1, 0.15) is 17.6 Å². The maximum Gasteiger partial charge on any atom is 0.243 e. The minimum absolute atomic E-state index is 0.171. The molecule has 3 aromatic rings. The topological polar surface area (TPSA) is 109 Å². The highest BCUT2D eigenvalue weighted by Gasteiger charge is 2.28. The summed E-state index contributed by atoms with van der Waals surface area (Å²) in [6.07, 6.45) is 3.89. The van der Waals surface area contributed by atoms with Gasteiger partial charge >= 0.3 is 0 Å². The summed E-state index contributed by atoms with van der Waals surface area (Å²) >= 11 is 0. The van der Waals surface area contributed by atoms with Crippen LogP contribution in [0.25, 0.3) is 0 Å². The molecule has 1 N–H and O–H groups in total. The third-order valence-corrected chi connectivity index (χ3v) is 8.86. The van der Waals surface area contributed by atoms with E-state index in [0.29, 0.717) is 31.0 Å². The smallest absolute Gasteiger partial charge is 0.243 e. The largest absolute Gasteiger partial charge is 0.497 e. The maximum atomic E-state index is 13.4. The summed E-state index contributed by atoms with van der Waals surface area (Å²) in [7, 11) is -1.90. The Bertz CT molecular complexity index is 1330. The molecule has 9 nitrogen and oxygen atoms in total. The molecule has 10 heteroatoms. The van der Waals surface area contributed by atoms with Gasteiger partial charge in [0.05, 0.1) is 24.8 Å². The molecule has 1 fully saturated rings. The first-order valence-electron chi connectivity index (χ1n) is 13.1. The van der Waals surface area contributed by atoms with Crippen molar-refractivity contribution in [3.8, 4) is 5.75 Å². The Kier molecular flexibility index (Phi) is 9.42. The Labute approximate surface area is 229 Å². The number of hydrogen-bond acceptors (Lipinski definition) is 6. The minimum atomic E-state index is -3.48. The summed E-state index contributed by atoms with van der Waals surface area (Å²) in [5.74, 6) is 0.861. The van der Waals surface area contributed by atoms with E-state index in [1.807, 2.05) is 24.3 Å². The van der Waals surface area contributed by atoms with Crippen LogP contribution in [0.15, 0.2) is 76.2 Å². The molecule has 0 spiro atoms. The Morgan fingerprint density at radius 3 is 2.31 bits per heavy atom. The molecule has 1 aromatic heterocycles. The number of carbonyl (C=O) groups excluding carboxylic acids is 2. The van der Waals surface area contributed by atoms with E-state index in [4.69, 9.17) is 9.15 Å². The Morgan fingerprint density at radius 2 is 1.69 bits per heavy atom. The number of sulfonamides is 1. The lowest BCUT2D eigenvalue weighted by atomic mass is 10.1. The van der Waals surface area contributed by atoms with Crippen LogP contribution in [0.4, 0.5) is 0 Å². The molecule has 2 amide bonds. The van der Waals surface area contributed by atoms with Gasteiger partial charge in [-0.25, -0.2) is 8.42 Å². The number of carbonyl (C=O) groups is 2. The van der Waals surface area contributed by atoms with E-state index < -0.39 is 16.1 Å². The molecule has 0 bridgehead atoms. The van der Waals surface area contributed by atoms with Gasteiger partial charge in [0.15, 0.2) is 0 Å². The molecule has 2 heterocycles. The number of nitrogens with zero attached hydrogens (tertiary/aromatic N) is 2. The first kappa shape index (κ1) is 28.4. The normalized spacial score (nSPS) is 14.6. The molecular weight excluding hydrogens is 518 g/mol. The van der Waals surface area contributed by atoms with E-state index in [9.17, 15) is 18.0 Å². The second-order valence-corrected chi connectivity index (χ2v) is 11.5. The van der Waals surface area contributed by atoms with Crippen molar-refractivity contribution in [2.75, 3.05) is 20.2 Å². The van der Waals surface area contributed by atoms with E-state index in [0.717, 1.165) is 24.0 Å². The molecule has 0 radical (unpaired) electrons. The van der Waals surface area contributed by atoms with Crippen LogP contribution in [0.2, 0.25) is 0 Å². The molecule has 0 saturated carbocycles. The molecule has 1 atom stereocenters. The lowest BCUT2D eigenvalue weighted by Crippen LogP contribution is -2.47. The zero-order valence-corrected chi connectivity index (χ0v) is 23.2. The number of rotatable bonds is 12. The van der Waals surface area contributed by atoms with Crippen LogP contribution in [0.1, 0.15) is 43.1 Å². The zero-order chi connectivity index (χ0) is 27.8. The fourth-order valence-electron chi connectivity index (χ4n) is 4.55. The fraction of sp³-hybridized carbons (Fsp3) is 0.379. The second-order valence-electron chi connectivity index (χ2n) is 9.60. The summed E-state index contributed by atoms with van der Waals surface area (Å²) in [5.41, 5.74) is 1.72. The van der Waals surface area contributed by atoms with Crippen LogP contribution in [0.5, 0.6) is 5.75 Å². The van der Waals surface area contributed by atoms with Crippen LogP contribution in [0, 0.1) is 0 Å². The third kappa shape index (κ3) is 7.27. The number of ether oxygens (including phenoxy) is 1. The van der Waals surface area contributed by atoms with Crippen molar-refractivity contribution < 1.29 is 27.2 Å². The summed E-state index contributed by atoms with van der Waals surface area (Å²) in [4.78, 5) is 28.2. The summed E-state index contributed by atoms with van der Waals surface area (Å²) in [6, 6.07) is 16.9. The number of furan rings is 1. The van der Waals surface area contributed by atoms with E-state index in [1.54, 1.807) is 61.6 Å². The van der Waals surface area contributed by atoms with Gasteiger partial charge in [-0.1, -0.05) is 24.3 Å². The predicted octanol–water partition coefficient (Wildman–Crippen LogP) is 3.74. The molecule has 1 saturated heterocycles. The molecule has 1 aliphatic rings. The first-order valence-corrected chi connectivity index (χ1v) is 14.5. The minimum Gasteiger partial charge on any atom is -0.497 e. The Balaban J connectivity index is 1.42. The number of methoxy groups -OCH3 is 1. The van der Waals surface area contributed by atoms with E-state index >= 15 is 0 Å². The van der Waals surface area contributed by atoms with Crippen LogP contribution in [-0.4, -0.2) is 55.7 Å². The lowest BCUT2D eigenvalue weighted by molar-refractivity contribution is -0.140. The highest BCUT2D eigenvalue weighted by atomic mass is 32.2. The van der Waals surface area contributed by atoms with Crippen molar-refractivity contribution in [1.82, 2.24) is 14.5 Å². The summed E-state index contributed by atoms with van der Waals surface area (Å²) in [5, 5.41) is 2.83. The molecular formula is C29H35N3O6S. The Hall–Kier alpha value is -3.63.